The van der Waals surface area contributed by atoms with Gasteiger partial charge in [0.05, 0.1) is 0 Å². The van der Waals surface area contributed by atoms with Gasteiger partial charge in [0.25, 0.3) is 0 Å². The molecule has 144 valence electrons. The molecule has 29 heavy (non-hydrogen) atoms. The lowest BCUT2D eigenvalue weighted by molar-refractivity contribution is -0.119. The summed E-state index contributed by atoms with van der Waals surface area (Å²) in [6, 6.07) is 27.4. The lowest BCUT2D eigenvalue weighted by Crippen LogP contribution is -2.28. The van der Waals surface area contributed by atoms with Crippen molar-refractivity contribution >= 4 is 11.6 Å². The third-order valence-electron chi connectivity index (χ3n) is 4.77. The molecule has 0 aliphatic carbocycles. The van der Waals surface area contributed by atoms with Crippen LogP contribution in [-0.2, 0) is 17.6 Å². The van der Waals surface area contributed by atoms with Crippen molar-refractivity contribution in [2.24, 2.45) is 0 Å². The van der Waals surface area contributed by atoms with E-state index in [1.54, 1.807) is 0 Å². The second-order valence-electron chi connectivity index (χ2n) is 6.80. The highest BCUT2D eigenvalue weighted by molar-refractivity contribution is 5.94. The van der Waals surface area contributed by atoms with E-state index < -0.39 is 6.04 Å². The predicted molar refractivity (Wildman–Crippen MR) is 111 cm³/mol. The van der Waals surface area contributed by atoms with E-state index in [-0.39, 0.29) is 5.91 Å². The van der Waals surface area contributed by atoms with Gasteiger partial charge in [-0.25, -0.2) is 4.68 Å². The number of anilines is 1. The van der Waals surface area contributed by atoms with E-state index in [1.807, 2.05) is 72.8 Å². The number of benzene rings is 3. The molecule has 0 saturated carbocycles. The van der Waals surface area contributed by atoms with Crippen LogP contribution in [-0.4, -0.2) is 26.1 Å². The fraction of sp³-hybridized carbons (Fsp3) is 0.130. The van der Waals surface area contributed by atoms with Crippen molar-refractivity contribution in [2.75, 3.05) is 5.32 Å². The SMILES string of the molecule is O=C(Nc1ccccc1Cc1ccccc1)[C@@H](Cc1ccccc1)n1cnnn1. The molecule has 0 aliphatic heterocycles. The summed E-state index contributed by atoms with van der Waals surface area (Å²) >= 11 is 0. The smallest absolute Gasteiger partial charge is 0.249 e. The molecule has 4 aromatic rings. The lowest BCUT2D eigenvalue weighted by Gasteiger charge is -2.18. The fourth-order valence-corrected chi connectivity index (χ4v) is 3.28. The van der Waals surface area contributed by atoms with Crippen LogP contribution in [0.15, 0.2) is 91.3 Å². The maximum absolute atomic E-state index is 13.2. The van der Waals surface area contributed by atoms with Gasteiger partial charge in [-0.2, -0.15) is 0 Å². The molecule has 1 atom stereocenters. The van der Waals surface area contributed by atoms with Crippen molar-refractivity contribution in [1.82, 2.24) is 20.2 Å². The third-order valence-corrected chi connectivity index (χ3v) is 4.77. The zero-order chi connectivity index (χ0) is 19.9. The van der Waals surface area contributed by atoms with Gasteiger partial charge < -0.3 is 5.32 Å². The van der Waals surface area contributed by atoms with Gasteiger partial charge in [-0.15, -0.1) is 5.10 Å². The van der Waals surface area contributed by atoms with Gasteiger partial charge in [0, 0.05) is 12.1 Å². The van der Waals surface area contributed by atoms with Crippen molar-refractivity contribution in [3.63, 3.8) is 0 Å². The van der Waals surface area contributed by atoms with Crippen LogP contribution >= 0.6 is 0 Å². The molecule has 4 rings (SSSR count). The molecule has 0 unspecified atom stereocenters. The number of nitrogens with zero attached hydrogens (tertiary/aromatic N) is 4. The first-order valence-electron chi connectivity index (χ1n) is 9.49. The monoisotopic (exact) mass is 383 g/mol. The van der Waals surface area contributed by atoms with E-state index in [0.717, 1.165) is 23.2 Å². The molecule has 0 saturated heterocycles. The van der Waals surface area contributed by atoms with Crippen molar-refractivity contribution < 1.29 is 4.79 Å². The van der Waals surface area contributed by atoms with Crippen molar-refractivity contribution in [1.29, 1.82) is 0 Å². The summed E-state index contributed by atoms with van der Waals surface area (Å²) in [6.45, 7) is 0. The highest BCUT2D eigenvalue weighted by Gasteiger charge is 2.23. The van der Waals surface area contributed by atoms with E-state index >= 15 is 0 Å². The molecule has 6 heteroatoms. The molecular weight excluding hydrogens is 362 g/mol. The molecule has 1 heterocycles. The normalized spacial score (nSPS) is 11.7. The van der Waals surface area contributed by atoms with E-state index in [9.17, 15) is 4.79 Å². The Morgan fingerprint density at radius 3 is 2.21 bits per heavy atom. The number of tetrazole rings is 1. The summed E-state index contributed by atoms with van der Waals surface area (Å²) in [7, 11) is 0. The summed E-state index contributed by atoms with van der Waals surface area (Å²) in [4.78, 5) is 13.2. The molecule has 0 radical (unpaired) electrons. The first-order valence-corrected chi connectivity index (χ1v) is 9.49. The number of hydrogen-bond acceptors (Lipinski definition) is 4. The fourth-order valence-electron chi connectivity index (χ4n) is 3.28. The minimum atomic E-state index is -0.544. The summed E-state index contributed by atoms with van der Waals surface area (Å²) in [6.07, 6.45) is 2.72. The van der Waals surface area contributed by atoms with Gasteiger partial charge in [0.15, 0.2) is 0 Å². The number of carbonyl (C=O) groups excluding carboxylic acids is 1. The van der Waals surface area contributed by atoms with Gasteiger partial charge in [0.1, 0.15) is 12.4 Å². The highest BCUT2D eigenvalue weighted by atomic mass is 16.2. The Hall–Kier alpha value is -3.80. The molecule has 0 bridgehead atoms. The topological polar surface area (TPSA) is 72.7 Å². The van der Waals surface area contributed by atoms with Crippen LogP contribution < -0.4 is 5.32 Å². The summed E-state index contributed by atoms with van der Waals surface area (Å²) in [5.41, 5.74) is 4.09. The standard InChI is InChI=1S/C23H21N5O/c29-23(22(28-17-24-26-27-28)16-19-11-5-2-6-12-19)25-21-14-8-7-13-20(21)15-18-9-3-1-4-10-18/h1-14,17,22H,15-16H2,(H,25,29)/t22-/m1/s1. The largest absolute Gasteiger partial charge is 0.324 e. The minimum absolute atomic E-state index is 0.151. The summed E-state index contributed by atoms with van der Waals surface area (Å²) in [5, 5.41) is 14.4. The minimum Gasteiger partial charge on any atom is -0.324 e. The first-order chi connectivity index (χ1) is 14.3. The Balaban J connectivity index is 1.56. The van der Waals surface area contributed by atoms with E-state index in [0.29, 0.717) is 6.42 Å². The Morgan fingerprint density at radius 1 is 0.862 bits per heavy atom. The molecule has 0 fully saturated rings. The Kier molecular flexibility index (Phi) is 5.71. The van der Waals surface area contributed by atoms with Crippen LogP contribution in [0.3, 0.4) is 0 Å². The zero-order valence-corrected chi connectivity index (χ0v) is 15.8. The average molecular weight is 383 g/mol. The average Bonchev–Trinajstić information content (AvgIpc) is 3.29. The lowest BCUT2D eigenvalue weighted by atomic mass is 10.0. The second-order valence-corrected chi connectivity index (χ2v) is 6.80. The van der Waals surface area contributed by atoms with Gasteiger partial charge in [-0.1, -0.05) is 78.9 Å². The van der Waals surface area contributed by atoms with E-state index in [4.69, 9.17) is 0 Å². The van der Waals surface area contributed by atoms with Gasteiger partial charge >= 0.3 is 0 Å². The number of para-hydroxylation sites is 1. The maximum atomic E-state index is 13.2. The number of amides is 1. The van der Waals surface area contributed by atoms with Gasteiger partial charge in [0.2, 0.25) is 5.91 Å². The number of rotatable bonds is 7. The highest BCUT2D eigenvalue weighted by Crippen LogP contribution is 2.22. The summed E-state index contributed by atoms with van der Waals surface area (Å²) in [5.74, 6) is -0.151. The van der Waals surface area contributed by atoms with Gasteiger partial charge in [-0.3, -0.25) is 4.79 Å². The molecule has 1 aromatic heterocycles. The van der Waals surface area contributed by atoms with Crippen molar-refractivity contribution in [3.05, 3.63) is 108 Å². The molecular formula is C23H21N5O. The van der Waals surface area contributed by atoms with Gasteiger partial charge in [-0.05, 0) is 39.6 Å². The first kappa shape index (κ1) is 18.6. The predicted octanol–water partition coefficient (Wildman–Crippen LogP) is 3.69. The van der Waals surface area contributed by atoms with Crippen LogP contribution in [0.5, 0.6) is 0 Å². The van der Waals surface area contributed by atoms with E-state index in [2.05, 4.69) is 33.0 Å². The number of aromatic nitrogens is 4. The number of nitrogens with one attached hydrogen (secondary N) is 1. The molecule has 3 aromatic carbocycles. The Bertz CT molecular complexity index is 1050. The Labute approximate surface area is 169 Å². The van der Waals surface area contributed by atoms with Crippen LogP contribution in [0, 0.1) is 0 Å². The third kappa shape index (κ3) is 4.73. The molecule has 1 amide bonds. The molecule has 0 aliphatic rings. The van der Waals surface area contributed by atoms with Crippen LogP contribution in [0.1, 0.15) is 22.7 Å². The molecule has 6 nitrogen and oxygen atoms in total. The van der Waals surface area contributed by atoms with Crippen LogP contribution in [0.2, 0.25) is 0 Å². The second kappa shape index (κ2) is 8.93. The van der Waals surface area contributed by atoms with Crippen LogP contribution in [0.4, 0.5) is 5.69 Å². The maximum Gasteiger partial charge on any atom is 0.249 e. The number of carbonyl (C=O) groups is 1. The number of hydrogen-bond donors (Lipinski definition) is 1. The quantitative estimate of drug-likeness (QED) is 0.528. The summed E-state index contributed by atoms with van der Waals surface area (Å²) < 4.78 is 1.50. The van der Waals surface area contributed by atoms with Crippen LogP contribution in [0.25, 0.3) is 0 Å². The molecule has 1 N–H and O–H groups in total. The molecule has 0 spiro atoms. The van der Waals surface area contributed by atoms with Crippen molar-refractivity contribution in [3.8, 4) is 0 Å². The van der Waals surface area contributed by atoms with Crippen molar-refractivity contribution in [2.45, 2.75) is 18.9 Å². The Morgan fingerprint density at radius 2 is 1.52 bits per heavy atom. The zero-order valence-electron chi connectivity index (χ0n) is 15.8. The van der Waals surface area contributed by atoms with E-state index in [1.165, 1.54) is 16.6 Å².